The molecular formula is C19H19NO4. The van der Waals surface area contributed by atoms with Gasteiger partial charge in [-0.15, -0.1) is 0 Å². The Morgan fingerprint density at radius 2 is 1.92 bits per heavy atom. The molecule has 1 aliphatic rings. The monoisotopic (exact) mass is 325 g/mol. The molecule has 124 valence electrons. The van der Waals surface area contributed by atoms with Crippen LogP contribution in [0.2, 0.25) is 0 Å². The highest BCUT2D eigenvalue weighted by Crippen LogP contribution is 2.23. The molecule has 0 heterocycles. The number of esters is 1. The molecule has 2 aromatic rings. The molecule has 0 saturated carbocycles. The summed E-state index contributed by atoms with van der Waals surface area (Å²) in [7, 11) is 1.55. The number of rotatable bonds is 5. The summed E-state index contributed by atoms with van der Waals surface area (Å²) < 4.78 is 10.2. The molecule has 24 heavy (non-hydrogen) atoms. The molecule has 0 atom stereocenters. The molecule has 0 fully saturated rings. The number of amides is 1. The minimum atomic E-state index is -0.481. The molecule has 0 aromatic heterocycles. The lowest BCUT2D eigenvalue weighted by atomic mass is 10.1. The van der Waals surface area contributed by atoms with Crippen LogP contribution in [-0.2, 0) is 22.4 Å². The SMILES string of the molecule is COc1cccc(NC(=O)COC(=O)c2ccc3c(c2)CCC3)c1. The Morgan fingerprint density at radius 3 is 2.75 bits per heavy atom. The van der Waals surface area contributed by atoms with E-state index in [0.717, 1.165) is 19.3 Å². The van der Waals surface area contributed by atoms with Crippen LogP contribution in [0.1, 0.15) is 27.9 Å². The number of nitrogens with one attached hydrogen (secondary N) is 1. The fraction of sp³-hybridized carbons (Fsp3) is 0.263. The number of hydrogen-bond donors (Lipinski definition) is 1. The van der Waals surface area contributed by atoms with E-state index in [9.17, 15) is 9.59 Å². The summed E-state index contributed by atoms with van der Waals surface area (Å²) >= 11 is 0. The van der Waals surface area contributed by atoms with Crippen LogP contribution < -0.4 is 10.1 Å². The van der Waals surface area contributed by atoms with Crippen LogP contribution in [0.25, 0.3) is 0 Å². The average Bonchev–Trinajstić information content (AvgIpc) is 3.07. The minimum absolute atomic E-state index is 0.326. The van der Waals surface area contributed by atoms with Crippen LogP contribution in [0.5, 0.6) is 5.75 Å². The highest BCUT2D eigenvalue weighted by Gasteiger charge is 2.15. The highest BCUT2D eigenvalue weighted by atomic mass is 16.5. The van der Waals surface area contributed by atoms with Crippen molar-refractivity contribution in [1.29, 1.82) is 0 Å². The Kier molecular flexibility index (Phi) is 4.79. The topological polar surface area (TPSA) is 64.6 Å². The first-order valence-electron chi connectivity index (χ1n) is 7.88. The molecule has 3 rings (SSSR count). The van der Waals surface area contributed by atoms with Crippen molar-refractivity contribution in [3.05, 3.63) is 59.2 Å². The van der Waals surface area contributed by atoms with Gasteiger partial charge >= 0.3 is 5.97 Å². The van der Waals surface area contributed by atoms with E-state index in [1.165, 1.54) is 11.1 Å². The lowest BCUT2D eigenvalue weighted by Crippen LogP contribution is -2.21. The molecule has 2 aromatic carbocycles. The van der Waals surface area contributed by atoms with Crippen molar-refractivity contribution in [1.82, 2.24) is 0 Å². The second kappa shape index (κ2) is 7.17. The van der Waals surface area contributed by atoms with Gasteiger partial charge in [0, 0.05) is 11.8 Å². The first-order chi connectivity index (χ1) is 11.7. The average molecular weight is 325 g/mol. The lowest BCUT2D eigenvalue weighted by molar-refractivity contribution is -0.119. The summed E-state index contributed by atoms with van der Waals surface area (Å²) in [5, 5.41) is 2.67. The molecule has 0 saturated heterocycles. The summed E-state index contributed by atoms with van der Waals surface area (Å²) in [6, 6.07) is 12.6. The molecule has 1 aliphatic carbocycles. The summed E-state index contributed by atoms with van der Waals surface area (Å²) in [6.45, 7) is -0.326. The van der Waals surface area contributed by atoms with E-state index in [4.69, 9.17) is 9.47 Å². The highest BCUT2D eigenvalue weighted by molar-refractivity contribution is 5.95. The Bertz CT molecular complexity index is 770. The third-order valence-electron chi connectivity index (χ3n) is 4.02. The fourth-order valence-electron chi connectivity index (χ4n) is 2.81. The number of hydrogen-bond acceptors (Lipinski definition) is 4. The predicted octanol–water partition coefficient (Wildman–Crippen LogP) is 2.98. The molecule has 0 unspecified atom stereocenters. The standard InChI is InChI=1S/C19H19NO4/c1-23-17-7-3-6-16(11-17)20-18(21)12-24-19(22)15-9-8-13-4-2-5-14(13)10-15/h3,6-11H,2,4-5,12H2,1H3,(H,20,21). The van der Waals surface area contributed by atoms with Gasteiger partial charge in [-0.3, -0.25) is 4.79 Å². The third kappa shape index (κ3) is 3.74. The van der Waals surface area contributed by atoms with E-state index in [0.29, 0.717) is 17.0 Å². The van der Waals surface area contributed by atoms with Crippen molar-refractivity contribution in [2.75, 3.05) is 19.0 Å². The number of carbonyl (C=O) groups is 2. The number of benzene rings is 2. The van der Waals surface area contributed by atoms with Crippen LogP contribution in [0.4, 0.5) is 5.69 Å². The van der Waals surface area contributed by atoms with Crippen LogP contribution in [0.3, 0.4) is 0 Å². The van der Waals surface area contributed by atoms with Crippen molar-refractivity contribution in [2.45, 2.75) is 19.3 Å². The molecular weight excluding hydrogens is 306 g/mol. The number of fused-ring (bicyclic) bond motifs is 1. The molecule has 1 N–H and O–H groups in total. The number of ether oxygens (including phenoxy) is 2. The zero-order valence-electron chi connectivity index (χ0n) is 13.5. The second-order valence-electron chi connectivity index (χ2n) is 5.69. The van der Waals surface area contributed by atoms with E-state index < -0.39 is 11.9 Å². The second-order valence-corrected chi connectivity index (χ2v) is 5.69. The maximum Gasteiger partial charge on any atom is 0.338 e. The maximum atomic E-state index is 12.1. The minimum Gasteiger partial charge on any atom is -0.497 e. The van der Waals surface area contributed by atoms with Gasteiger partial charge in [-0.2, -0.15) is 0 Å². The van der Waals surface area contributed by atoms with Crippen molar-refractivity contribution in [3.8, 4) is 5.75 Å². The van der Waals surface area contributed by atoms with Gasteiger partial charge in [-0.25, -0.2) is 4.79 Å². The van der Waals surface area contributed by atoms with Gasteiger partial charge in [-0.05, 0) is 54.7 Å². The van der Waals surface area contributed by atoms with Gasteiger partial charge in [0.2, 0.25) is 0 Å². The van der Waals surface area contributed by atoms with E-state index in [1.54, 1.807) is 37.4 Å². The first-order valence-corrected chi connectivity index (χ1v) is 7.88. The molecule has 0 aliphatic heterocycles. The number of methoxy groups -OCH3 is 1. The first kappa shape index (κ1) is 16.1. The maximum absolute atomic E-state index is 12.1. The van der Waals surface area contributed by atoms with Gasteiger partial charge in [0.05, 0.1) is 12.7 Å². The van der Waals surface area contributed by atoms with Crippen LogP contribution in [0, 0.1) is 0 Å². The lowest BCUT2D eigenvalue weighted by Gasteiger charge is -2.08. The smallest absolute Gasteiger partial charge is 0.338 e. The number of carbonyl (C=O) groups excluding carboxylic acids is 2. The molecule has 1 amide bonds. The number of anilines is 1. The predicted molar refractivity (Wildman–Crippen MR) is 90.4 cm³/mol. The van der Waals surface area contributed by atoms with Crippen molar-refractivity contribution in [2.24, 2.45) is 0 Å². The molecule has 0 radical (unpaired) electrons. The van der Waals surface area contributed by atoms with E-state index >= 15 is 0 Å². The Morgan fingerprint density at radius 1 is 1.08 bits per heavy atom. The van der Waals surface area contributed by atoms with E-state index in [1.807, 2.05) is 12.1 Å². The largest absolute Gasteiger partial charge is 0.497 e. The van der Waals surface area contributed by atoms with E-state index in [-0.39, 0.29) is 6.61 Å². The Balaban J connectivity index is 1.54. The zero-order valence-corrected chi connectivity index (χ0v) is 13.5. The van der Waals surface area contributed by atoms with Gasteiger partial charge in [0.25, 0.3) is 5.91 Å². The summed E-state index contributed by atoms with van der Waals surface area (Å²) in [4.78, 5) is 24.0. The van der Waals surface area contributed by atoms with Gasteiger partial charge < -0.3 is 14.8 Å². The summed E-state index contributed by atoms with van der Waals surface area (Å²) in [5.74, 6) is -0.230. The zero-order chi connectivity index (χ0) is 16.9. The Hall–Kier alpha value is -2.82. The quantitative estimate of drug-likeness (QED) is 0.858. The molecule has 5 heteroatoms. The van der Waals surface area contributed by atoms with Crippen molar-refractivity contribution < 1.29 is 19.1 Å². The molecule has 5 nitrogen and oxygen atoms in total. The summed E-state index contributed by atoms with van der Waals surface area (Å²) in [5.41, 5.74) is 3.57. The van der Waals surface area contributed by atoms with Crippen molar-refractivity contribution in [3.63, 3.8) is 0 Å². The van der Waals surface area contributed by atoms with Crippen LogP contribution >= 0.6 is 0 Å². The van der Waals surface area contributed by atoms with E-state index in [2.05, 4.69) is 5.32 Å². The molecule has 0 bridgehead atoms. The molecule has 0 spiro atoms. The van der Waals surface area contributed by atoms with Gasteiger partial charge in [0.15, 0.2) is 6.61 Å². The normalized spacial score (nSPS) is 12.4. The van der Waals surface area contributed by atoms with Gasteiger partial charge in [-0.1, -0.05) is 12.1 Å². The third-order valence-corrected chi connectivity index (χ3v) is 4.02. The van der Waals surface area contributed by atoms with Crippen LogP contribution in [-0.4, -0.2) is 25.6 Å². The fourth-order valence-corrected chi connectivity index (χ4v) is 2.81. The van der Waals surface area contributed by atoms with Crippen molar-refractivity contribution >= 4 is 17.6 Å². The number of aryl methyl sites for hydroxylation is 2. The van der Waals surface area contributed by atoms with Crippen LogP contribution in [0.15, 0.2) is 42.5 Å². The van der Waals surface area contributed by atoms with Gasteiger partial charge in [0.1, 0.15) is 5.75 Å². The Labute approximate surface area is 140 Å². The summed E-state index contributed by atoms with van der Waals surface area (Å²) in [6.07, 6.45) is 3.18.